The molecule has 0 saturated heterocycles. The molecule has 0 aliphatic heterocycles. The molecular formula is C13H23N3. The smallest absolute Gasteiger partial charge is 0.0598 e. The van der Waals surface area contributed by atoms with E-state index in [1.165, 1.54) is 24.1 Å². The molecular weight excluding hydrogens is 198 g/mol. The Labute approximate surface area is 98.9 Å². The van der Waals surface area contributed by atoms with Crippen molar-refractivity contribution in [2.24, 2.45) is 0 Å². The van der Waals surface area contributed by atoms with Crippen LogP contribution in [0.2, 0.25) is 0 Å². The van der Waals surface area contributed by atoms with Crippen LogP contribution < -0.4 is 10.2 Å². The van der Waals surface area contributed by atoms with Crippen molar-refractivity contribution in [3.63, 3.8) is 0 Å². The van der Waals surface area contributed by atoms with Gasteiger partial charge in [0.15, 0.2) is 0 Å². The first-order valence-corrected chi connectivity index (χ1v) is 6.15. The van der Waals surface area contributed by atoms with E-state index in [2.05, 4.69) is 35.1 Å². The number of pyridine rings is 1. The Morgan fingerprint density at radius 2 is 1.94 bits per heavy atom. The lowest BCUT2D eigenvalue weighted by Crippen LogP contribution is -2.26. The van der Waals surface area contributed by atoms with Gasteiger partial charge in [0.05, 0.1) is 11.9 Å². The maximum absolute atomic E-state index is 4.24. The van der Waals surface area contributed by atoms with Gasteiger partial charge in [-0.2, -0.15) is 0 Å². The van der Waals surface area contributed by atoms with Gasteiger partial charge in [-0.25, -0.2) is 0 Å². The normalized spacial score (nSPS) is 10.4. The molecule has 16 heavy (non-hydrogen) atoms. The molecule has 0 aromatic carbocycles. The zero-order chi connectivity index (χ0) is 11.8. The summed E-state index contributed by atoms with van der Waals surface area (Å²) < 4.78 is 0. The van der Waals surface area contributed by atoms with E-state index in [9.17, 15) is 0 Å². The predicted octanol–water partition coefficient (Wildman–Crippen LogP) is 2.43. The van der Waals surface area contributed by atoms with Crippen LogP contribution in [0.5, 0.6) is 0 Å². The third-order valence-electron chi connectivity index (χ3n) is 2.58. The SMILES string of the molecule is CCCN(CCC)c1cnccc1CNC. The molecule has 0 amide bonds. The second kappa shape index (κ2) is 7.23. The molecule has 0 unspecified atom stereocenters. The molecule has 1 aromatic heterocycles. The molecule has 3 heteroatoms. The third-order valence-corrected chi connectivity index (χ3v) is 2.58. The number of rotatable bonds is 7. The van der Waals surface area contributed by atoms with Gasteiger partial charge in [0.1, 0.15) is 0 Å². The number of nitrogens with one attached hydrogen (secondary N) is 1. The van der Waals surface area contributed by atoms with Crippen LogP contribution in [0.25, 0.3) is 0 Å². The van der Waals surface area contributed by atoms with E-state index < -0.39 is 0 Å². The summed E-state index contributed by atoms with van der Waals surface area (Å²) in [6, 6.07) is 2.10. The summed E-state index contributed by atoms with van der Waals surface area (Å²) in [5.74, 6) is 0. The summed E-state index contributed by atoms with van der Waals surface area (Å²) >= 11 is 0. The Morgan fingerprint density at radius 1 is 1.25 bits per heavy atom. The van der Waals surface area contributed by atoms with Crippen LogP contribution in [0.1, 0.15) is 32.3 Å². The minimum atomic E-state index is 0.905. The number of hydrogen-bond donors (Lipinski definition) is 1. The Bertz CT molecular complexity index is 293. The zero-order valence-electron chi connectivity index (χ0n) is 10.7. The first-order chi connectivity index (χ1) is 7.83. The van der Waals surface area contributed by atoms with Crippen molar-refractivity contribution < 1.29 is 0 Å². The highest BCUT2D eigenvalue weighted by molar-refractivity contribution is 5.51. The molecule has 0 bridgehead atoms. The van der Waals surface area contributed by atoms with Crippen LogP contribution in [0.3, 0.4) is 0 Å². The molecule has 1 N–H and O–H groups in total. The number of hydrogen-bond acceptors (Lipinski definition) is 3. The van der Waals surface area contributed by atoms with Crippen molar-refractivity contribution in [3.05, 3.63) is 24.0 Å². The maximum atomic E-state index is 4.24. The quantitative estimate of drug-likeness (QED) is 0.766. The second-order valence-corrected chi connectivity index (χ2v) is 4.02. The van der Waals surface area contributed by atoms with Crippen LogP contribution in [-0.2, 0) is 6.54 Å². The largest absolute Gasteiger partial charge is 0.370 e. The summed E-state index contributed by atoms with van der Waals surface area (Å²) in [5.41, 5.74) is 2.61. The molecule has 0 fully saturated rings. The Hall–Kier alpha value is -1.09. The van der Waals surface area contributed by atoms with Gasteiger partial charge in [-0.05, 0) is 31.5 Å². The fraction of sp³-hybridized carbons (Fsp3) is 0.615. The molecule has 90 valence electrons. The molecule has 1 heterocycles. The first-order valence-electron chi connectivity index (χ1n) is 6.15. The van der Waals surface area contributed by atoms with E-state index in [4.69, 9.17) is 0 Å². The lowest BCUT2D eigenvalue weighted by molar-refractivity contribution is 0.729. The summed E-state index contributed by atoms with van der Waals surface area (Å²) in [6.07, 6.45) is 6.20. The second-order valence-electron chi connectivity index (χ2n) is 4.02. The topological polar surface area (TPSA) is 28.2 Å². The van der Waals surface area contributed by atoms with Crippen molar-refractivity contribution in [1.82, 2.24) is 10.3 Å². The number of nitrogens with zero attached hydrogens (tertiary/aromatic N) is 2. The van der Waals surface area contributed by atoms with Gasteiger partial charge in [-0.3, -0.25) is 4.98 Å². The van der Waals surface area contributed by atoms with E-state index in [-0.39, 0.29) is 0 Å². The monoisotopic (exact) mass is 221 g/mol. The molecule has 0 aliphatic rings. The Balaban J connectivity index is 2.87. The third kappa shape index (κ3) is 3.49. The van der Waals surface area contributed by atoms with Gasteiger partial charge in [0.2, 0.25) is 0 Å². The Kier molecular flexibility index (Phi) is 5.86. The van der Waals surface area contributed by atoms with E-state index in [1.807, 2.05) is 19.4 Å². The number of aromatic nitrogens is 1. The summed E-state index contributed by atoms with van der Waals surface area (Å²) in [4.78, 5) is 6.67. The highest BCUT2D eigenvalue weighted by Gasteiger charge is 2.09. The van der Waals surface area contributed by atoms with E-state index in [0.29, 0.717) is 0 Å². The van der Waals surface area contributed by atoms with Gasteiger partial charge in [-0.15, -0.1) is 0 Å². The van der Waals surface area contributed by atoms with Crippen molar-refractivity contribution in [2.75, 3.05) is 25.0 Å². The fourth-order valence-electron chi connectivity index (χ4n) is 1.93. The average molecular weight is 221 g/mol. The average Bonchev–Trinajstić information content (AvgIpc) is 2.30. The van der Waals surface area contributed by atoms with Crippen molar-refractivity contribution >= 4 is 5.69 Å². The minimum absolute atomic E-state index is 0.905. The van der Waals surface area contributed by atoms with Crippen LogP contribution in [0.15, 0.2) is 18.5 Å². The lowest BCUT2D eigenvalue weighted by Gasteiger charge is -2.25. The molecule has 0 aliphatic carbocycles. The standard InChI is InChI=1S/C13H23N3/c1-4-8-16(9-5-2)13-11-15-7-6-12(13)10-14-3/h6-7,11,14H,4-5,8-10H2,1-3H3. The number of anilines is 1. The molecule has 1 aromatic rings. The first kappa shape index (κ1) is 13.0. The minimum Gasteiger partial charge on any atom is -0.370 e. The molecule has 1 rings (SSSR count). The van der Waals surface area contributed by atoms with Crippen LogP contribution in [-0.4, -0.2) is 25.1 Å². The summed E-state index contributed by atoms with van der Waals surface area (Å²) in [7, 11) is 1.98. The molecule has 0 atom stereocenters. The predicted molar refractivity (Wildman–Crippen MR) is 69.8 cm³/mol. The van der Waals surface area contributed by atoms with Crippen LogP contribution in [0.4, 0.5) is 5.69 Å². The highest BCUT2D eigenvalue weighted by Crippen LogP contribution is 2.19. The zero-order valence-corrected chi connectivity index (χ0v) is 10.7. The van der Waals surface area contributed by atoms with Gasteiger partial charge < -0.3 is 10.2 Å². The summed E-state index contributed by atoms with van der Waals surface area (Å²) in [5, 5.41) is 3.21. The maximum Gasteiger partial charge on any atom is 0.0598 e. The fourth-order valence-corrected chi connectivity index (χ4v) is 1.93. The van der Waals surface area contributed by atoms with Gasteiger partial charge in [0.25, 0.3) is 0 Å². The van der Waals surface area contributed by atoms with Gasteiger partial charge in [-0.1, -0.05) is 13.8 Å². The van der Waals surface area contributed by atoms with Crippen molar-refractivity contribution in [3.8, 4) is 0 Å². The van der Waals surface area contributed by atoms with E-state index >= 15 is 0 Å². The summed E-state index contributed by atoms with van der Waals surface area (Å²) in [6.45, 7) is 7.56. The molecule has 0 saturated carbocycles. The van der Waals surface area contributed by atoms with Crippen LogP contribution in [0, 0.1) is 0 Å². The van der Waals surface area contributed by atoms with Gasteiger partial charge in [0, 0.05) is 25.8 Å². The van der Waals surface area contributed by atoms with Crippen LogP contribution >= 0.6 is 0 Å². The molecule has 0 spiro atoms. The molecule has 0 radical (unpaired) electrons. The van der Waals surface area contributed by atoms with E-state index in [0.717, 1.165) is 19.6 Å². The van der Waals surface area contributed by atoms with E-state index in [1.54, 1.807) is 0 Å². The van der Waals surface area contributed by atoms with Crippen molar-refractivity contribution in [1.29, 1.82) is 0 Å². The Morgan fingerprint density at radius 3 is 2.50 bits per heavy atom. The molecule has 3 nitrogen and oxygen atoms in total. The lowest BCUT2D eigenvalue weighted by atomic mass is 10.2. The van der Waals surface area contributed by atoms with Crippen molar-refractivity contribution in [2.45, 2.75) is 33.2 Å². The van der Waals surface area contributed by atoms with Gasteiger partial charge >= 0.3 is 0 Å². The highest BCUT2D eigenvalue weighted by atomic mass is 15.1.